The van der Waals surface area contributed by atoms with Crippen LogP contribution in [-0.2, 0) is 6.54 Å². The molecule has 0 aliphatic heterocycles. The van der Waals surface area contributed by atoms with Gasteiger partial charge in [-0.25, -0.2) is 9.97 Å². The molecule has 2 rings (SSSR count). The number of aliphatic hydroxyl groups is 1. The van der Waals surface area contributed by atoms with E-state index in [1.807, 2.05) is 19.2 Å². The van der Waals surface area contributed by atoms with E-state index in [1.54, 1.807) is 0 Å². The molecule has 2 N–H and O–H groups in total. The molecule has 0 saturated heterocycles. The van der Waals surface area contributed by atoms with Gasteiger partial charge in [-0.1, -0.05) is 20.3 Å². The quantitative estimate of drug-likeness (QED) is 0.845. The van der Waals surface area contributed by atoms with Crippen LogP contribution in [0.3, 0.4) is 0 Å². The second-order valence-corrected chi connectivity index (χ2v) is 5.51. The lowest BCUT2D eigenvalue weighted by Crippen LogP contribution is -2.31. The zero-order valence-electron chi connectivity index (χ0n) is 12.7. The average Bonchev–Trinajstić information content (AvgIpc) is 2.80. The predicted octanol–water partition coefficient (Wildman–Crippen LogP) is 1.84. The van der Waals surface area contributed by atoms with Crippen molar-refractivity contribution in [2.45, 2.75) is 46.8 Å². The zero-order valence-corrected chi connectivity index (χ0v) is 12.7. The molecule has 2 heterocycles. The summed E-state index contributed by atoms with van der Waals surface area (Å²) in [4.78, 5) is 8.76. The number of nitrogens with zero attached hydrogens (tertiary/aromatic N) is 3. The van der Waals surface area contributed by atoms with Crippen molar-refractivity contribution in [3.63, 3.8) is 0 Å². The van der Waals surface area contributed by atoms with E-state index >= 15 is 0 Å². The normalized spacial score (nSPS) is 14.7. The van der Waals surface area contributed by atoms with Crippen LogP contribution in [0.25, 0.3) is 5.78 Å². The fourth-order valence-corrected chi connectivity index (χ4v) is 2.34. The highest BCUT2D eigenvalue weighted by atomic mass is 16.3. The number of imidazole rings is 1. The van der Waals surface area contributed by atoms with Gasteiger partial charge in [0.1, 0.15) is 0 Å². The fraction of sp³-hybridized carbons (Fsp3) is 0.600. The van der Waals surface area contributed by atoms with Gasteiger partial charge in [0.15, 0.2) is 0 Å². The van der Waals surface area contributed by atoms with E-state index in [0.29, 0.717) is 19.0 Å². The molecule has 0 saturated carbocycles. The van der Waals surface area contributed by atoms with Crippen LogP contribution < -0.4 is 5.32 Å². The van der Waals surface area contributed by atoms with Crippen molar-refractivity contribution >= 4 is 5.78 Å². The molecular weight excluding hydrogens is 252 g/mol. The number of hydrogen-bond acceptors (Lipinski definition) is 4. The number of nitrogens with one attached hydrogen (secondary N) is 1. The first-order valence-electron chi connectivity index (χ1n) is 7.22. The lowest BCUT2D eigenvalue weighted by molar-refractivity contribution is 0.112. The molecule has 0 aromatic carbocycles. The molecule has 0 amide bonds. The molecular formula is C15H24N4O. The third-order valence-corrected chi connectivity index (χ3v) is 3.82. The van der Waals surface area contributed by atoms with Crippen LogP contribution in [-0.4, -0.2) is 32.1 Å². The van der Waals surface area contributed by atoms with Crippen LogP contribution in [0.1, 0.15) is 37.4 Å². The minimum Gasteiger partial charge on any atom is -0.392 e. The second kappa shape index (κ2) is 6.33. The van der Waals surface area contributed by atoms with Crippen LogP contribution in [0.5, 0.6) is 0 Å². The lowest BCUT2D eigenvalue weighted by Gasteiger charge is -2.17. The van der Waals surface area contributed by atoms with Gasteiger partial charge < -0.3 is 10.4 Å². The van der Waals surface area contributed by atoms with Crippen LogP contribution in [0.2, 0.25) is 0 Å². The Bertz CT molecular complexity index is 579. The molecule has 110 valence electrons. The van der Waals surface area contributed by atoms with Crippen molar-refractivity contribution in [1.82, 2.24) is 19.7 Å². The molecule has 5 heteroatoms. The number of fused-ring (bicyclic) bond motifs is 1. The highest BCUT2D eigenvalue weighted by Crippen LogP contribution is 2.10. The zero-order chi connectivity index (χ0) is 14.7. The molecule has 2 aromatic heterocycles. The lowest BCUT2D eigenvalue weighted by atomic mass is 10.0. The number of aliphatic hydroxyl groups excluding tert-OH is 1. The average molecular weight is 276 g/mol. The van der Waals surface area contributed by atoms with E-state index in [2.05, 4.69) is 40.5 Å². The van der Waals surface area contributed by atoms with Gasteiger partial charge in [-0.2, -0.15) is 0 Å². The summed E-state index contributed by atoms with van der Waals surface area (Å²) in [5.41, 5.74) is 3.18. The highest BCUT2D eigenvalue weighted by Gasteiger charge is 2.12. The van der Waals surface area contributed by atoms with Crippen molar-refractivity contribution in [3.8, 4) is 0 Å². The monoisotopic (exact) mass is 276 g/mol. The van der Waals surface area contributed by atoms with Crippen molar-refractivity contribution in [1.29, 1.82) is 0 Å². The minimum atomic E-state index is -0.305. The topological polar surface area (TPSA) is 62.5 Å². The fourth-order valence-electron chi connectivity index (χ4n) is 2.34. The number of hydrogen-bond donors (Lipinski definition) is 2. The smallest absolute Gasteiger partial charge is 0.234 e. The molecule has 2 aromatic rings. The maximum absolute atomic E-state index is 9.95. The summed E-state index contributed by atoms with van der Waals surface area (Å²) in [6.07, 6.45) is 2.53. The van der Waals surface area contributed by atoms with E-state index < -0.39 is 0 Å². The van der Waals surface area contributed by atoms with E-state index in [1.165, 1.54) is 0 Å². The summed E-state index contributed by atoms with van der Waals surface area (Å²) in [6.45, 7) is 9.47. The summed E-state index contributed by atoms with van der Waals surface area (Å²) in [7, 11) is 0. The van der Waals surface area contributed by atoms with E-state index in [-0.39, 0.29) is 6.10 Å². The molecule has 0 fully saturated rings. The third kappa shape index (κ3) is 3.16. The van der Waals surface area contributed by atoms with Crippen LogP contribution in [0.4, 0.5) is 0 Å². The molecule has 0 aliphatic carbocycles. The minimum absolute atomic E-state index is 0.305. The van der Waals surface area contributed by atoms with Crippen LogP contribution >= 0.6 is 0 Å². The Balaban J connectivity index is 2.04. The second-order valence-electron chi connectivity index (χ2n) is 5.51. The third-order valence-electron chi connectivity index (χ3n) is 3.82. The van der Waals surface area contributed by atoms with Crippen molar-refractivity contribution in [2.75, 3.05) is 6.54 Å². The Morgan fingerprint density at radius 2 is 2.15 bits per heavy atom. The molecule has 20 heavy (non-hydrogen) atoms. The molecule has 5 nitrogen and oxygen atoms in total. The summed E-state index contributed by atoms with van der Waals surface area (Å²) in [6, 6.07) is 2.05. The predicted molar refractivity (Wildman–Crippen MR) is 79.6 cm³/mol. The summed E-state index contributed by atoms with van der Waals surface area (Å²) in [5.74, 6) is 1.05. The van der Waals surface area contributed by atoms with Gasteiger partial charge >= 0.3 is 0 Å². The van der Waals surface area contributed by atoms with E-state index in [4.69, 9.17) is 0 Å². The number of aryl methyl sites for hydroxylation is 2. The van der Waals surface area contributed by atoms with Crippen molar-refractivity contribution in [3.05, 3.63) is 29.3 Å². The van der Waals surface area contributed by atoms with Gasteiger partial charge in [-0.3, -0.25) is 4.40 Å². The van der Waals surface area contributed by atoms with Crippen LogP contribution in [0, 0.1) is 19.8 Å². The summed E-state index contributed by atoms with van der Waals surface area (Å²) >= 11 is 0. The van der Waals surface area contributed by atoms with E-state index in [9.17, 15) is 5.11 Å². The largest absolute Gasteiger partial charge is 0.392 e. The molecule has 0 radical (unpaired) electrons. The Kier molecular flexibility index (Phi) is 4.73. The maximum Gasteiger partial charge on any atom is 0.234 e. The molecule has 0 spiro atoms. The Labute approximate surface area is 120 Å². The van der Waals surface area contributed by atoms with Crippen molar-refractivity contribution in [2.24, 2.45) is 5.92 Å². The number of aromatic nitrogens is 3. The highest BCUT2D eigenvalue weighted by molar-refractivity contribution is 5.35. The molecule has 0 aliphatic rings. The molecule has 0 bridgehead atoms. The SMILES string of the molecule is CCC(C)C(O)CNCc1cnc2nc(C)cc(C)n12. The summed E-state index contributed by atoms with van der Waals surface area (Å²) < 4.78 is 2.05. The van der Waals surface area contributed by atoms with Gasteiger partial charge in [0.25, 0.3) is 0 Å². The van der Waals surface area contributed by atoms with E-state index in [0.717, 1.165) is 29.3 Å². The molecule has 2 atom stereocenters. The Hall–Kier alpha value is -1.46. The Morgan fingerprint density at radius 3 is 2.85 bits per heavy atom. The standard InChI is InChI=1S/C15H24N4O/c1-5-10(2)14(20)9-16-7-13-8-17-15-18-11(3)6-12(4)19(13)15/h6,8,10,14,16,20H,5,7,9H2,1-4H3. The first-order chi connectivity index (χ1) is 9.52. The first kappa shape index (κ1) is 14.9. The van der Waals surface area contributed by atoms with Crippen molar-refractivity contribution < 1.29 is 5.11 Å². The van der Waals surface area contributed by atoms with Gasteiger partial charge in [0, 0.05) is 24.5 Å². The van der Waals surface area contributed by atoms with Gasteiger partial charge in [-0.15, -0.1) is 0 Å². The maximum atomic E-state index is 9.95. The Morgan fingerprint density at radius 1 is 1.40 bits per heavy atom. The summed E-state index contributed by atoms with van der Waals surface area (Å²) in [5, 5.41) is 13.3. The first-order valence-corrected chi connectivity index (χ1v) is 7.22. The van der Waals surface area contributed by atoms with Crippen LogP contribution in [0.15, 0.2) is 12.3 Å². The van der Waals surface area contributed by atoms with Gasteiger partial charge in [0.2, 0.25) is 5.78 Å². The van der Waals surface area contributed by atoms with Gasteiger partial charge in [-0.05, 0) is 25.8 Å². The van der Waals surface area contributed by atoms with Gasteiger partial charge in [0.05, 0.1) is 18.0 Å². The molecule has 2 unspecified atom stereocenters. The number of rotatable bonds is 6.